The van der Waals surface area contributed by atoms with Gasteiger partial charge in [-0.05, 0) is 79.1 Å². The highest BCUT2D eigenvalue weighted by Crippen LogP contribution is 2.32. The fourth-order valence-electron chi connectivity index (χ4n) is 3.03. The van der Waals surface area contributed by atoms with Gasteiger partial charge >= 0.3 is 5.97 Å². The normalized spacial score (nSPS) is 11.9. The molecule has 0 saturated heterocycles. The van der Waals surface area contributed by atoms with E-state index in [1.54, 1.807) is 42.5 Å². The van der Waals surface area contributed by atoms with Crippen LogP contribution in [0.15, 0.2) is 65.8 Å². The summed E-state index contributed by atoms with van der Waals surface area (Å²) in [6, 6.07) is 17.4. The first-order chi connectivity index (χ1) is 16.0. The molecule has 0 unspecified atom stereocenters. The van der Waals surface area contributed by atoms with E-state index in [0.717, 1.165) is 11.1 Å². The first kappa shape index (κ1) is 21.9. The number of rotatable bonds is 7. The molecule has 3 aromatic carbocycles. The van der Waals surface area contributed by atoms with Crippen molar-refractivity contribution in [2.45, 2.75) is 13.8 Å². The van der Waals surface area contributed by atoms with Crippen molar-refractivity contribution >= 4 is 18.1 Å². The molecule has 8 heteroatoms. The molecule has 4 rings (SSSR count). The largest absolute Gasteiger partial charge is 0.483 e. The van der Waals surface area contributed by atoms with Gasteiger partial charge in [-0.1, -0.05) is 12.1 Å². The van der Waals surface area contributed by atoms with Gasteiger partial charge in [0.05, 0.1) is 11.8 Å². The molecule has 0 bridgehead atoms. The number of carbonyl (C=O) groups is 2. The molecule has 168 valence electrons. The van der Waals surface area contributed by atoms with Gasteiger partial charge < -0.3 is 18.9 Å². The van der Waals surface area contributed by atoms with Crippen molar-refractivity contribution < 1.29 is 28.5 Å². The van der Waals surface area contributed by atoms with Crippen molar-refractivity contribution in [2.75, 3.05) is 13.4 Å². The van der Waals surface area contributed by atoms with Gasteiger partial charge in [-0.25, -0.2) is 10.2 Å². The zero-order valence-corrected chi connectivity index (χ0v) is 18.2. The molecule has 1 aliphatic rings. The van der Waals surface area contributed by atoms with E-state index in [9.17, 15) is 9.59 Å². The third-order valence-electron chi connectivity index (χ3n) is 4.80. The van der Waals surface area contributed by atoms with Crippen LogP contribution in [0.5, 0.6) is 23.0 Å². The smallest absolute Gasteiger partial charge is 0.343 e. The minimum absolute atomic E-state index is 0.136. The predicted octanol–water partition coefficient (Wildman–Crippen LogP) is 3.78. The van der Waals surface area contributed by atoms with Gasteiger partial charge in [-0.15, -0.1) is 0 Å². The van der Waals surface area contributed by atoms with E-state index < -0.39 is 5.97 Å². The van der Waals surface area contributed by atoms with Crippen molar-refractivity contribution in [1.29, 1.82) is 0 Å². The highest BCUT2D eigenvalue weighted by atomic mass is 16.7. The summed E-state index contributed by atoms with van der Waals surface area (Å²) < 4.78 is 21.4. The number of hydrogen-bond acceptors (Lipinski definition) is 7. The van der Waals surface area contributed by atoms with E-state index in [4.69, 9.17) is 18.9 Å². The first-order valence-electron chi connectivity index (χ1n) is 10.2. The maximum atomic E-state index is 12.3. The van der Waals surface area contributed by atoms with Crippen LogP contribution in [-0.2, 0) is 4.79 Å². The molecule has 0 radical (unpaired) electrons. The number of esters is 1. The van der Waals surface area contributed by atoms with Gasteiger partial charge in [0.2, 0.25) is 6.79 Å². The molecule has 8 nitrogen and oxygen atoms in total. The van der Waals surface area contributed by atoms with Crippen LogP contribution in [-0.4, -0.2) is 31.5 Å². The van der Waals surface area contributed by atoms with Crippen LogP contribution in [0.25, 0.3) is 0 Å². The van der Waals surface area contributed by atoms with Gasteiger partial charge in [-0.2, -0.15) is 5.10 Å². The molecule has 3 aromatic rings. The van der Waals surface area contributed by atoms with Gasteiger partial charge in [0, 0.05) is 0 Å². The Kier molecular flexibility index (Phi) is 6.54. The van der Waals surface area contributed by atoms with Gasteiger partial charge in [0.1, 0.15) is 11.5 Å². The van der Waals surface area contributed by atoms with E-state index in [-0.39, 0.29) is 19.3 Å². The van der Waals surface area contributed by atoms with Crippen LogP contribution < -0.4 is 24.4 Å². The molecule has 33 heavy (non-hydrogen) atoms. The SMILES string of the molecule is Cc1ccc(C)c(OCC(=O)N/N=C\c2ccc(OC(=O)c3ccc4c(c3)OCO4)cc2)c1. The second kappa shape index (κ2) is 9.86. The Morgan fingerprint density at radius 3 is 2.61 bits per heavy atom. The van der Waals surface area contributed by atoms with E-state index in [1.165, 1.54) is 6.21 Å². The number of hydrogen-bond donors (Lipinski definition) is 1. The van der Waals surface area contributed by atoms with Crippen molar-refractivity contribution in [3.8, 4) is 23.0 Å². The highest BCUT2D eigenvalue weighted by Gasteiger charge is 2.17. The summed E-state index contributed by atoms with van der Waals surface area (Å²) in [5, 5.41) is 3.93. The Morgan fingerprint density at radius 1 is 1.00 bits per heavy atom. The lowest BCUT2D eigenvalue weighted by atomic mass is 10.1. The van der Waals surface area contributed by atoms with Crippen LogP contribution in [0, 0.1) is 13.8 Å². The molecule has 0 fully saturated rings. The molecule has 0 atom stereocenters. The van der Waals surface area contributed by atoms with Crippen molar-refractivity contribution in [3.05, 3.63) is 82.9 Å². The minimum Gasteiger partial charge on any atom is -0.483 e. The maximum absolute atomic E-state index is 12.3. The number of amides is 1. The first-order valence-corrected chi connectivity index (χ1v) is 10.2. The third-order valence-corrected chi connectivity index (χ3v) is 4.80. The van der Waals surface area contributed by atoms with Gasteiger partial charge in [0.15, 0.2) is 18.1 Å². The van der Waals surface area contributed by atoms with E-state index in [0.29, 0.717) is 34.1 Å². The predicted molar refractivity (Wildman–Crippen MR) is 121 cm³/mol. The molecule has 1 heterocycles. The summed E-state index contributed by atoms with van der Waals surface area (Å²) in [7, 11) is 0. The second-order valence-electron chi connectivity index (χ2n) is 7.38. The lowest BCUT2D eigenvalue weighted by molar-refractivity contribution is -0.123. The van der Waals surface area contributed by atoms with Crippen LogP contribution >= 0.6 is 0 Å². The van der Waals surface area contributed by atoms with Crippen molar-refractivity contribution in [3.63, 3.8) is 0 Å². The van der Waals surface area contributed by atoms with Crippen LogP contribution in [0.1, 0.15) is 27.0 Å². The summed E-state index contributed by atoms with van der Waals surface area (Å²) in [4.78, 5) is 24.3. The number of fused-ring (bicyclic) bond motifs is 1. The Hall–Kier alpha value is -4.33. The molecule has 1 aliphatic heterocycles. The fraction of sp³-hybridized carbons (Fsp3) is 0.160. The highest BCUT2D eigenvalue weighted by molar-refractivity contribution is 5.92. The monoisotopic (exact) mass is 446 g/mol. The average Bonchev–Trinajstić information content (AvgIpc) is 3.29. The lowest BCUT2D eigenvalue weighted by Gasteiger charge is -2.08. The topological polar surface area (TPSA) is 95.5 Å². The quantitative estimate of drug-likeness (QED) is 0.257. The number of ether oxygens (including phenoxy) is 4. The zero-order valence-electron chi connectivity index (χ0n) is 18.2. The number of hydrazone groups is 1. The standard InChI is InChI=1S/C25H22N2O6/c1-16-3-4-17(2)22(11-16)30-14-24(28)27-26-13-18-5-8-20(9-6-18)33-25(29)19-7-10-21-23(12-19)32-15-31-21/h3-13H,14-15H2,1-2H3,(H,27,28)/b26-13-. The van der Waals surface area contributed by atoms with Crippen LogP contribution in [0.2, 0.25) is 0 Å². The molecule has 0 aromatic heterocycles. The summed E-state index contributed by atoms with van der Waals surface area (Å²) in [5.74, 6) is 1.27. The molecular weight excluding hydrogens is 424 g/mol. The Labute approximate surface area is 190 Å². The number of aryl methyl sites for hydroxylation is 2. The number of nitrogens with one attached hydrogen (secondary N) is 1. The molecule has 1 amide bonds. The summed E-state index contributed by atoms with van der Waals surface area (Å²) in [6.45, 7) is 3.87. The fourth-order valence-corrected chi connectivity index (χ4v) is 3.03. The molecule has 0 spiro atoms. The Morgan fingerprint density at radius 2 is 1.79 bits per heavy atom. The second-order valence-corrected chi connectivity index (χ2v) is 7.38. The molecule has 0 saturated carbocycles. The van der Waals surface area contributed by atoms with Crippen molar-refractivity contribution in [2.24, 2.45) is 5.10 Å². The average molecular weight is 446 g/mol. The molecule has 0 aliphatic carbocycles. The van der Waals surface area contributed by atoms with E-state index in [2.05, 4.69) is 10.5 Å². The zero-order chi connectivity index (χ0) is 23.2. The number of nitrogens with zero attached hydrogens (tertiary/aromatic N) is 1. The Bertz CT molecular complexity index is 1200. The van der Waals surface area contributed by atoms with Gasteiger partial charge in [-0.3, -0.25) is 4.79 Å². The van der Waals surface area contributed by atoms with Crippen LogP contribution in [0.3, 0.4) is 0 Å². The van der Waals surface area contributed by atoms with Gasteiger partial charge in [0.25, 0.3) is 5.91 Å². The van der Waals surface area contributed by atoms with Crippen molar-refractivity contribution in [1.82, 2.24) is 5.43 Å². The minimum atomic E-state index is -0.508. The van der Waals surface area contributed by atoms with E-state index >= 15 is 0 Å². The number of benzene rings is 3. The summed E-state index contributed by atoms with van der Waals surface area (Å²) >= 11 is 0. The third kappa shape index (κ3) is 5.68. The summed E-state index contributed by atoms with van der Waals surface area (Å²) in [6.07, 6.45) is 1.49. The van der Waals surface area contributed by atoms with E-state index in [1.807, 2.05) is 32.0 Å². The lowest BCUT2D eigenvalue weighted by Crippen LogP contribution is -2.24. The summed E-state index contributed by atoms with van der Waals surface area (Å²) in [5.41, 5.74) is 5.51. The molecule has 1 N–H and O–H groups in total. The Balaban J connectivity index is 1.26. The van der Waals surface area contributed by atoms with Crippen LogP contribution in [0.4, 0.5) is 0 Å². The maximum Gasteiger partial charge on any atom is 0.343 e. The number of carbonyl (C=O) groups excluding carboxylic acids is 2. The molecular formula is C25H22N2O6.